The molecule has 1 amide bonds. The summed E-state index contributed by atoms with van der Waals surface area (Å²) < 4.78 is 2.00. The third-order valence-corrected chi connectivity index (χ3v) is 4.59. The highest BCUT2D eigenvalue weighted by molar-refractivity contribution is 5.85. The first-order chi connectivity index (χ1) is 11.2. The summed E-state index contributed by atoms with van der Waals surface area (Å²) in [6, 6.07) is 10.1. The average molecular weight is 349 g/mol. The summed E-state index contributed by atoms with van der Waals surface area (Å²) in [5, 5.41) is 3.38. The lowest BCUT2D eigenvalue weighted by atomic mass is 9.94. The third kappa shape index (κ3) is 3.62. The molecule has 2 atom stereocenters. The van der Waals surface area contributed by atoms with E-state index in [0.717, 1.165) is 37.4 Å². The monoisotopic (exact) mass is 348 g/mol. The number of benzene rings is 1. The minimum absolute atomic E-state index is 0. The number of carbonyl (C=O) groups is 1. The first kappa shape index (κ1) is 18.5. The van der Waals surface area contributed by atoms with Gasteiger partial charge in [-0.3, -0.25) is 4.79 Å². The fraction of sp³-hybridized carbons (Fsp3) is 0.444. The van der Waals surface area contributed by atoms with Gasteiger partial charge in [-0.05, 0) is 12.0 Å². The Bertz CT molecular complexity index is 658. The summed E-state index contributed by atoms with van der Waals surface area (Å²) in [7, 11) is 1.98. The highest BCUT2D eigenvalue weighted by Crippen LogP contribution is 2.28. The third-order valence-electron chi connectivity index (χ3n) is 4.59. The van der Waals surface area contributed by atoms with Gasteiger partial charge in [-0.1, -0.05) is 37.3 Å². The van der Waals surface area contributed by atoms with Crippen molar-refractivity contribution in [2.24, 2.45) is 7.05 Å². The normalized spacial score (nSPS) is 18.8. The zero-order valence-corrected chi connectivity index (χ0v) is 15.0. The molecule has 0 saturated carbocycles. The molecule has 1 fully saturated rings. The number of rotatable bonds is 4. The van der Waals surface area contributed by atoms with E-state index < -0.39 is 0 Å². The Labute approximate surface area is 149 Å². The minimum Gasteiger partial charge on any atom is -0.336 e. The second kappa shape index (κ2) is 8.31. The lowest BCUT2D eigenvalue weighted by molar-refractivity contribution is -0.136. The quantitative estimate of drug-likeness (QED) is 0.923. The fourth-order valence-electron chi connectivity index (χ4n) is 3.34. The number of halogens is 1. The van der Waals surface area contributed by atoms with Crippen molar-refractivity contribution >= 4 is 18.3 Å². The van der Waals surface area contributed by atoms with Crippen LogP contribution in [0.2, 0.25) is 0 Å². The molecule has 6 heteroatoms. The van der Waals surface area contributed by atoms with Crippen molar-refractivity contribution in [1.29, 1.82) is 0 Å². The Morgan fingerprint density at radius 2 is 2.12 bits per heavy atom. The Balaban J connectivity index is 0.00000208. The summed E-state index contributed by atoms with van der Waals surface area (Å²) in [5.41, 5.74) is 1.09. The molecule has 2 unspecified atom stereocenters. The van der Waals surface area contributed by atoms with Crippen LogP contribution in [-0.2, 0) is 11.8 Å². The van der Waals surface area contributed by atoms with Gasteiger partial charge in [0.2, 0.25) is 5.91 Å². The number of piperazine rings is 1. The maximum atomic E-state index is 13.2. The summed E-state index contributed by atoms with van der Waals surface area (Å²) in [4.78, 5) is 19.7. The molecule has 0 aliphatic carbocycles. The van der Waals surface area contributed by atoms with Gasteiger partial charge in [-0.25, -0.2) is 4.98 Å². The van der Waals surface area contributed by atoms with E-state index in [0.29, 0.717) is 0 Å². The second-order valence-corrected chi connectivity index (χ2v) is 6.02. The van der Waals surface area contributed by atoms with Crippen LogP contribution >= 0.6 is 12.4 Å². The molecule has 0 spiro atoms. The molecule has 1 saturated heterocycles. The summed E-state index contributed by atoms with van der Waals surface area (Å²) in [6.45, 7) is 4.38. The van der Waals surface area contributed by atoms with Gasteiger partial charge in [-0.2, -0.15) is 0 Å². The van der Waals surface area contributed by atoms with Gasteiger partial charge in [0.25, 0.3) is 0 Å². The van der Waals surface area contributed by atoms with Crippen LogP contribution in [0, 0.1) is 0 Å². The van der Waals surface area contributed by atoms with E-state index in [1.54, 1.807) is 6.20 Å². The van der Waals surface area contributed by atoms with Crippen LogP contribution < -0.4 is 5.32 Å². The van der Waals surface area contributed by atoms with Gasteiger partial charge in [0.1, 0.15) is 11.9 Å². The van der Waals surface area contributed by atoms with Crippen molar-refractivity contribution in [3.63, 3.8) is 0 Å². The molecule has 130 valence electrons. The lowest BCUT2D eigenvalue weighted by Crippen LogP contribution is -2.50. The maximum absolute atomic E-state index is 13.2. The highest BCUT2D eigenvalue weighted by atomic mass is 35.5. The molecule has 2 heterocycles. The summed E-state index contributed by atoms with van der Waals surface area (Å²) >= 11 is 0. The predicted octanol–water partition coefficient (Wildman–Crippen LogP) is 2.51. The Hall–Kier alpha value is -1.85. The molecule has 1 aromatic carbocycles. The molecule has 24 heavy (non-hydrogen) atoms. The number of nitrogens with zero attached hydrogens (tertiary/aromatic N) is 3. The van der Waals surface area contributed by atoms with Crippen LogP contribution in [0.5, 0.6) is 0 Å². The molecule has 0 radical (unpaired) electrons. The number of nitrogens with one attached hydrogen (secondary N) is 1. The topological polar surface area (TPSA) is 50.2 Å². The molecule has 1 aromatic heterocycles. The zero-order valence-electron chi connectivity index (χ0n) is 14.2. The Morgan fingerprint density at radius 1 is 1.38 bits per heavy atom. The predicted molar refractivity (Wildman–Crippen MR) is 97.3 cm³/mol. The molecular weight excluding hydrogens is 324 g/mol. The first-order valence-electron chi connectivity index (χ1n) is 8.25. The van der Waals surface area contributed by atoms with Gasteiger partial charge in [0.05, 0.1) is 5.92 Å². The van der Waals surface area contributed by atoms with E-state index in [9.17, 15) is 4.79 Å². The number of aryl methyl sites for hydroxylation is 1. The first-order valence-corrected chi connectivity index (χ1v) is 8.25. The summed E-state index contributed by atoms with van der Waals surface area (Å²) in [6.07, 6.45) is 4.53. The molecule has 3 rings (SSSR count). The van der Waals surface area contributed by atoms with Crippen molar-refractivity contribution in [2.75, 3.05) is 19.6 Å². The van der Waals surface area contributed by atoms with Crippen molar-refractivity contribution in [2.45, 2.75) is 25.3 Å². The minimum atomic E-state index is -0.0860. The SMILES string of the molecule is CCC(C(=O)N1CCNCC1c1nccn1C)c1ccccc1.Cl. The summed E-state index contributed by atoms with van der Waals surface area (Å²) in [5.74, 6) is 1.05. The second-order valence-electron chi connectivity index (χ2n) is 6.02. The highest BCUT2D eigenvalue weighted by Gasteiger charge is 2.34. The van der Waals surface area contributed by atoms with Crippen LogP contribution in [-0.4, -0.2) is 40.0 Å². The van der Waals surface area contributed by atoms with E-state index >= 15 is 0 Å². The van der Waals surface area contributed by atoms with E-state index in [1.165, 1.54) is 0 Å². The Kier molecular flexibility index (Phi) is 6.40. The average Bonchev–Trinajstić information content (AvgIpc) is 3.02. The fourth-order valence-corrected chi connectivity index (χ4v) is 3.34. The van der Waals surface area contributed by atoms with E-state index in [1.807, 2.05) is 53.0 Å². The van der Waals surface area contributed by atoms with Gasteiger partial charge < -0.3 is 14.8 Å². The maximum Gasteiger partial charge on any atom is 0.230 e. The number of hydrogen-bond acceptors (Lipinski definition) is 3. The van der Waals surface area contributed by atoms with Crippen molar-refractivity contribution in [3.8, 4) is 0 Å². The van der Waals surface area contributed by atoms with Crippen molar-refractivity contribution < 1.29 is 4.79 Å². The Morgan fingerprint density at radius 3 is 2.75 bits per heavy atom. The largest absolute Gasteiger partial charge is 0.336 e. The van der Waals surface area contributed by atoms with Crippen LogP contribution in [0.3, 0.4) is 0 Å². The molecule has 0 bridgehead atoms. The van der Waals surface area contributed by atoms with Crippen LogP contribution in [0.1, 0.15) is 36.7 Å². The van der Waals surface area contributed by atoms with E-state index in [-0.39, 0.29) is 30.3 Å². The molecule has 1 aliphatic heterocycles. The smallest absolute Gasteiger partial charge is 0.230 e. The van der Waals surface area contributed by atoms with E-state index in [2.05, 4.69) is 17.2 Å². The molecular formula is C18H25ClN4O. The van der Waals surface area contributed by atoms with Gasteiger partial charge >= 0.3 is 0 Å². The van der Waals surface area contributed by atoms with Gasteiger partial charge in [0, 0.05) is 39.1 Å². The van der Waals surface area contributed by atoms with E-state index in [4.69, 9.17) is 0 Å². The zero-order chi connectivity index (χ0) is 16.2. The van der Waals surface area contributed by atoms with Crippen molar-refractivity contribution in [3.05, 3.63) is 54.1 Å². The van der Waals surface area contributed by atoms with Gasteiger partial charge in [0.15, 0.2) is 0 Å². The van der Waals surface area contributed by atoms with Crippen molar-refractivity contribution in [1.82, 2.24) is 19.8 Å². The number of aromatic nitrogens is 2. The van der Waals surface area contributed by atoms with Crippen LogP contribution in [0.25, 0.3) is 0 Å². The number of hydrogen-bond donors (Lipinski definition) is 1. The van der Waals surface area contributed by atoms with Gasteiger partial charge in [-0.15, -0.1) is 12.4 Å². The number of amides is 1. The van der Waals surface area contributed by atoms with Crippen LogP contribution in [0.15, 0.2) is 42.7 Å². The standard InChI is InChI=1S/C18H24N4O.ClH/c1-3-15(14-7-5-4-6-8-14)18(23)22-12-9-19-13-16(22)17-20-10-11-21(17)2;/h4-8,10-11,15-16,19H,3,9,12-13H2,1-2H3;1H. The molecule has 5 nitrogen and oxygen atoms in total. The molecule has 1 N–H and O–H groups in total. The number of carbonyl (C=O) groups excluding carboxylic acids is 1. The lowest BCUT2D eigenvalue weighted by Gasteiger charge is -2.37. The molecule has 1 aliphatic rings. The molecule has 2 aromatic rings. The number of imidazole rings is 1. The van der Waals surface area contributed by atoms with Crippen LogP contribution in [0.4, 0.5) is 0 Å².